The molecule has 6 atom stereocenters. The van der Waals surface area contributed by atoms with E-state index in [1.54, 1.807) is 0 Å². The maximum absolute atomic E-state index is 12.7. The Kier molecular flexibility index (Phi) is 32.4. The van der Waals surface area contributed by atoms with E-state index >= 15 is 0 Å². The van der Waals surface area contributed by atoms with Crippen molar-refractivity contribution in [1.82, 2.24) is 0 Å². The van der Waals surface area contributed by atoms with E-state index in [4.69, 9.17) is 18.9 Å². The van der Waals surface area contributed by atoms with Gasteiger partial charge in [0.05, 0.1) is 13.2 Å². The topological polar surface area (TPSA) is 152 Å². The maximum atomic E-state index is 12.7. The van der Waals surface area contributed by atoms with E-state index in [-0.39, 0.29) is 26.1 Å². The van der Waals surface area contributed by atoms with Crippen LogP contribution in [0.4, 0.5) is 0 Å². The van der Waals surface area contributed by atoms with Crippen LogP contribution in [0.1, 0.15) is 142 Å². The van der Waals surface area contributed by atoms with E-state index in [9.17, 15) is 30.0 Å². The van der Waals surface area contributed by atoms with Crippen molar-refractivity contribution >= 4 is 11.9 Å². The van der Waals surface area contributed by atoms with E-state index in [0.29, 0.717) is 12.8 Å². The average molecular weight is 775 g/mol. The first kappa shape index (κ1) is 50.2. The molecule has 10 heteroatoms. The molecule has 0 radical (unpaired) electrons. The van der Waals surface area contributed by atoms with Gasteiger partial charge in [0.15, 0.2) is 12.4 Å². The summed E-state index contributed by atoms with van der Waals surface area (Å²) in [6.45, 7) is 3.14. The number of hydrogen-bond acceptors (Lipinski definition) is 10. The second kappa shape index (κ2) is 35.5. The number of esters is 2. The Bertz CT molecular complexity index is 1120. The second-order valence-corrected chi connectivity index (χ2v) is 14.0. The number of aliphatic hydroxyl groups excluding tert-OH is 4. The van der Waals surface area contributed by atoms with Gasteiger partial charge in [-0.15, -0.1) is 0 Å². The highest BCUT2D eigenvalue weighted by Crippen LogP contribution is 2.22. The average Bonchev–Trinajstić information content (AvgIpc) is 3.18. The van der Waals surface area contributed by atoms with Gasteiger partial charge in [0.2, 0.25) is 0 Å². The third kappa shape index (κ3) is 27.4. The molecule has 0 aromatic rings. The van der Waals surface area contributed by atoms with Crippen LogP contribution in [0.15, 0.2) is 72.9 Å². The Morgan fingerprint density at radius 2 is 1.02 bits per heavy atom. The number of allylic oxidation sites excluding steroid dienone is 12. The first-order valence-electron chi connectivity index (χ1n) is 21.0. The predicted octanol–water partition coefficient (Wildman–Crippen LogP) is 8.44. The number of ether oxygens (including phenoxy) is 4. The largest absolute Gasteiger partial charge is 0.462 e. The minimum atomic E-state index is -1.60. The van der Waals surface area contributed by atoms with Crippen LogP contribution < -0.4 is 0 Å². The van der Waals surface area contributed by atoms with Crippen LogP contribution in [0.3, 0.4) is 0 Å². The van der Waals surface area contributed by atoms with Gasteiger partial charge in [0.25, 0.3) is 0 Å². The lowest BCUT2D eigenvalue weighted by molar-refractivity contribution is -0.305. The molecule has 1 heterocycles. The van der Waals surface area contributed by atoms with Gasteiger partial charge < -0.3 is 39.4 Å². The highest BCUT2D eigenvalue weighted by atomic mass is 16.7. The van der Waals surface area contributed by atoms with Crippen molar-refractivity contribution in [2.75, 3.05) is 19.8 Å². The van der Waals surface area contributed by atoms with Gasteiger partial charge in [0.1, 0.15) is 31.0 Å². The Labute approximate surface area is 332 Å². The first-order chi connectivity index (χ1) is 26.8. The molecule has 4 N–H and O–H groups in total. The van der Waals surface area contributed by atoms with E-state index < -0.39 is 55.4 Å². The summed E-state index contributed by atoms with van der Waals surface area (Å²) in [5.74, 6) is -0.855. The Morgan fingerprint density at radius 1 is 0.564 bits per heavy atom. The Morgan fingerprint density at radius 3 is 1.53 bits per heavy atom. The summed E-state index contributed by atoms with van der Waals surface area (Å²) in [6.07, 6.45) is 36.2. The smallest absolute Gasteiger partial charge is 0.306 e. The number of carbonyl (C=O) groups is 2. The van der Waals surface area contributed by atoms with Crippen molar-refractivity contribution < 1.29 is 49.0 Å². The van der Waals surface area contributed by atoms with Crippen molar-refractivity contribution in [3.05, 3.63) is 72.9 Å². The summed E-state index contributed by atoms with van der Waals surface area (Å²) in [7, 11) is 0. The minimum absolute atomic E-state index is 0.202. The Hall–Kier alpha value is -2.86. The fourth-order valence-corrected chi connectivity index (χ4v) is 5.80. The van der Waals surface area contributed by atoms with Gasteiger partial charge >= 0.3 is 11.9 Å². The van der Waals surface area contributed by atoms with Crippen molar-refractivity contribution in [2.24, 2.45) is 0 Å². The minimum Gasteiger partial charge on any atom is -0.462 e. The van der Waals surface area contributed by atoms with Crippen molar-refractivity contribution in [2.45, 2.75) is 179 Å². The van der Waals surface area contributed by atoms with Gasteiger partial charge in [-0.2, -0.15) is 0 Å². The highest BCUT2D eigenvalue weighted by Gasteiger charge is 2.44. The number of aliphatic hydroxyl groups is 4. The van der Waals surface area contributed by atoms with E-state index in [0.717, 1.165) is 103 Å². The van der Waals surface area contributed by atoms with E-state index in [1.165, 1.54) is 0 Å². The lowest BCUT2D eigenvalue weighted by Gasteiger charge is -2.39. The Balaban J connectivity index is 2.39. The summed E-state index contributed by atoms with van der Waals surface area (Å²) in [5.41, 5.74) is 0. The van der Waals surface area contributed by atoms with Crippen LogP contribution >= 0.6 is 0 Å². The van der Waals surface area contributed by atoms with Gasteiger partial charge in [-0.1, -0.05) is 125 Å². The predicted molar refractivity (Wildman–Crippen MR) is 219 cm³/mol. The summed E-state index contributed by atoms with van der Waals surface area (Å²) in [4.78, 5) is 25.3. The standard InChI is InChI=1S/C45H74O10/c1-3-5-7-9-11-13-15-17-19-21-23-25-27-29-31-33-40(47)52-36-38(37-53-45-44(51)43(50)42(49)39(35-46)55-45)54-41(48)34-32-30-28-26-24-22-20-18-16-14-12-10-8-6-4-2/h5-8,11-14,17-20,38-39,42-46,49-51H,3-4,9-10,15-16,21-37H2,1-2H3/b7-5-,8-6-,13-11-,14-12-,19-17-,20-18-/t38-,39?,42?,43?,44?,45?/m1/s1. The molecule has 0 saturated carbocycles. The third-order valence-corrected chi connectivity index (χ3v) is 9.09. The van der Waals surface area contributed by atoms with Gasteiger partial charge in [-0.05, 0) is 77.0 Å². The molecular weight excluding hydrogens is 700 g/mol. The fourth-order valence-electron chi connectivity index (χ4n) is 5.80. The molecule has 55 heavy (non-hydrogen) atoms. The molecule has 0 aliphatic carbocycles. The molecule has 0 spiro atoms. The number of rotatable bonds is 33. The molecule has 0 bridgehead atoms. The molecule has 5 unspecified atom stereocenters. The normalized spacial score (nSPS) is 21.3. The molecule has 1 aliphatic rings. The quantitative estimate of drug-likeness (QED) is 0.0291. The molecule has 1 saturated heterocycles. The summed E-state index contributed by atoms with van der Waals surface area (Å²) in [5, 5.41) is 40.0. The van der Waals surface area contributed by atoms with Crippen LogP contribution in [-0.4, -0.2) is 89.0 Å². The zero-order chi connectivity index (χ0) is 40.2. The van der Waals surface area contributed by atoms with Crippen molar-refractivity contribution in [3.63, 3.8) is 0 Å². The first-order valence-corrected chi connectivity index (χ1v) is 21.0. The van der Waals surface area contributed by atoms with Crippen LogP contribution in [-0.2, 0) is 28.5 Å². The summed E-state index contributed by atoms with van der Waals surface area (Å²) >= 11 is 0. The molecule has 1 rings (SSSR count). The molecule has 10 nitrogen and oxygen atoms in total. The molecule has 314 valence electrons. The van der Waals surface area contributed by atoms with Crippen LogP contribution in [0.5, 0.6) is 0 Å². The van der Waals surface area contributed by atoms with E-state index in [1.807, 2.05) is 0 Å². The zero-order valence-corrected chi connectivity index (χ0v) is 33.9. The lowest BCUT2D eigenvalue weighted by Crippen LogP contribution is -2.59. The molecular formula is C45H74O10. The molecule has 0 amide bonds. The monoisotopic (exact) mass is 775 g/mol. The fraction of sp³-hybridized carbons (Fsp3) is 0.689. The lowest BCUT2D eigenvalue weighted by atomic mass is 9.99. The van der Waals surface area contributed by atoms with Gasteiger partial charge in [-0.3, -0.25) is 9.59 Å². The van der Waals surface area contributed by atoms with Crippen LogP contribution in [0.25, 0.3) is 0 Å². The number of carbonyl (C=O) groups excluding carboxylic acids is 2. The molecule has 0 aromatic heterocycles. The highest BCUT2D eigenvalue weighted by molar-refractivity contribution is 5.70. The van der Waals surface area contributed by atoms with Gasteiger partial charge in [-0.25, -0.2) is 0 Å². The zero-order valence-electron chi connectivity index (χ0n) is 33.9. The van der Waals surface area contributed by atoms with Crippen LogP contribution in [0.2, 0.25) is 0 Å². The van der Waals surface area contributed by atoms with E-state index in [2.05, 4.69) is 86.8 Å². The maximum Gasteiger partial charge on any atom is 0.306 e. The second-order valence-electron chi connectivity index (χ2n) is 14.0. The van der Waals surface area contributed by atoms with Crippen molar-refractivity contribution in [1.29, 1.82) is 0 Å². The number of unbranched alkanes of at least 4 members (excludes halogenated alkanes) is 10. The molecule has 1 aliphatic heterocycles. The molecule has 0 aromatic carbocycles. The summed E-state index contributed by atoms with van der Waals surface area (Å²) in [6, 6.07) is 0. The SMILES string of the molecule is CC/C=C\C/C=C\C/C=C\CCCCCCCC(=O)OC[C@H](COC1OC(CO)C(O)C(O)C1O)OC(=O)CCCCCCC/C=C\C/C=C\C/C=C\CC. The summed E-state index contributed by atoms with van der Waals surface area (Å²) < 4.78 is 22.1. The third-order valence-electron chi connectivity index (χ3n) is 9.09. The van der Waals surface area contributed by atoms with Gasteiger partial charge in [0, 0.05) is 12.8 Å². The van der Waals surface area contributed by atoms with Crippen molar-refractivity contribution in [3.8, 4) is 0 Å². The molecule has 1 fully saturated rings. The number of hydrogen-bond donors (Lipinski definition) is 4. The van der Waals surface area contributed by atoms with Crippen LogP contribution in [0, 0.1) is 0 Å².